The molecule has 6 nitrogen and oxygen atoms in total. The van der Waals surface area contributed by atoms with Gasteiger partial charge in [0.05, 0.1) is 24.4 Å². The maximum absolute atomic E-state index is 14.4. The summed E-state index contributed by atoms with van der Waals surface area (Å²) in [6, 6.07) is 14.4. The van der Waals surface area contributed by atoms with Gasteiger partial charge in [-0.25, -0.2) is 4.39 Å². The number of anilines is 1. The number of carbonyl (C=O) groups is 1. The van der Waals surface area contributed by atoms with E-state index in [2.05, 4.69) is 11.0 Å². The average Bonchev–Trinajstić information content (AvgIpc) is 2.81. The smallest absolute Gasteiger partial charge is 0.256 e. The lowest BCUT2D eigenvalue weighted by Crippen LogP contribution is -2.61. The van der Waals surface area contributed by atoms with Gasteiger partial charge >= 0.3 is 0 Å². The number of benzene rings is 2. The van der Waals surface area contributed by atoms with Crippen molar-refractivity contribution in [3.8, 4) is 5.75 Å². The van der Waals surface area contributed by atoms with Crippen LogP contribution in [0.3, 0.4) is 0 Å². The Bertz CT molecular complexity index is 936. The lowest BCUT2D eigenvalue weighted by Gasteiger charge is -2.49. The Hall–Kier alpha value is -2.19. The number of para-hydroxylation sites is 1. The van der Waals surface area contributed by atoms with Crippen molar-refractivity contribution in [3.05, 3.63) is 59.9 Å². The Morgan fingerprint density at radius 1 is 1.18 bits per heavy atom. The number of piperidine rings is 1. The van der Waals surface area contributed by atoms with Crippen LogP contribution in [0.15, 0.2) is 48.5 Å². The third kappa shape index (κ3) is 6.03. The molecule has 8 heteroatoms. The fourth-order valence-corrected chi connectivity index (χ4v) is 4.62. The molecule has 1 atom stereocenters. The molecule has 33 heavy (non-hydrogen) atoms. The number of halogens is 2. The first-order chi connectivity index (χ1) is 15.5. The standard InChI is InChI=1S/C25H31FN2O4.ClH/c1-19-24(30)28(23-8-3-2-7-22(23)26)18-25(32-19)10-13-27(14-11-25)12-9-20-5-4-6-21(17-20)31-16-15-29;/h2-8,17,19,29H,9-16,18H2,1H3;1H. The number of nitrogens with zero attached hydrogens (tertiary/aromatic N) is 2. The van der Waals surface area contributed by atoms with Crippen LogP contribution >= 0.6 is 12.4 Å². The molecule has 2 aromatic carbocycles. The molecule has 1 N–H and O–H groups in total. The largest absolute Gasteiger partial charge is 0.491 e. The molecule has 0 radical (unpaired) electrons. The number of aliphatic hydroxyl groups excluding tert-OH is 1. The number of morpholine rings is 1. The van der Waals surface area contributed by atoms with Crippen LogP contribution in [0.2, 0.25) is 0 Å². The highest BCUT2D eigenvalue weighted by Gasteiger charge is 2.46. The van der Waals surface area contributed by atoms with Crippen molar-refractivity contribution >= 4 is 24.0 Å². The van der Waals surface area contributed by atoms with E-state index in [1.165, 1.54) is 11.6 Å². The summed E-state index contributed by atoms with van der Waals surface area (Å²) >= 11 is 0. The van der Waals surface area contributed by atoms with Gasteiger partial charge in [0, 0.05) is 19.6 Å². The molecule has 0 aromatic heterocycles. The minimum Gasteiger partial charge on any atom is -0.491 e. The third-order valence-corrected chi connectivity index (χ3v) is 6.37. The minimum atomic E-state index is -0.587. The van der Waals surface area contributed by atoms with Crippen molar-refractivity contribution in [1.29, 1.82) is 0 Å². The summed E-state index contributed by atoms with van der Waals surface area (Å²) in [5.41, 5.74) is 1.08. The predicted molar refractivity (Wildman–Crippen MR) is 128 cm³/mol. The number of carbonyl (C=O) groups excluding carboxylic acids is 1. The Morgan fingerprint density at radius 2 is 1.94 bits per heavy atom. The molecule has 0 aliphatic carbocycles. The summed E-state index contributed by atoms with van der Waals surface area (Å²) in [7, 11) is 0. The van der Waals surface area contributed by atoms with Gasteiger partial charge in [0.15, 0.2) is 0 Å². The highest BCUT2D eigenvalue weighted by molar-refractivity contribution is 5.97. The van der Waals surface area contributed by atoms with Gasteiger partial charge in [0.2, 0.25) is 0 Å². The molecule has 2 saturated heterocycles. The second-order valence-corrected chi connectivity index (χ2v) is 8.63. The molecule has 180 valence electrons. The first kappa shape index (κ1) is 25.4. The van der Waals surface area contributed by atoms with E-state index in [0.717, 1.165) is 44.6 Å². The number of rotatable bonds is 7. The van der Waals surface area contributed by atoms with E-state index in [9.17, 15) is 9.18 Å². The van der Waals surface area contributed by atoms with Crippen LogP contribution in [-0.4, -0.2) is 67.0 Å². The van der Waals surface area contributed by atoms with Crippen molar-refractivity contribution in [2.75, 3.05) is 44.3 Å². The first-order valence-corrected chi connectivity index (χ1v) is 11.3. The molecule has 2 aromatic rings. The molecule has 2 aliphatic heterocycles. The molecular weight excluding hydrogens is 447 g/mol. The lowest BCUT2D eigenvalue weighted by molar-refractivity contribution is -0.161. The second kappa shape index (κ2) is 11.3. The minimum absolute atomic E-state index is 0. The van der Waals surface area contributed by atoms with E-state index < -0.39 is 11.7 Å². The molecule has 0 bridgehead atoms. The molecular formula is C25H32ClFN2O4. The fourth-order valence-electron chi connectivity index (χ4n) is 4.62. The van der Waals surface area contributed by atoms with Gasteiger partial charge in [-0.05, 0) is 56.0 Å². The van der Waals surface area contributed by atoms with E-state index in [-0.39, 0.29) is 30.7 Å². The first-order valence-electron chi connectivity index (χ1n) is 11.3. The van der Waals surface area contributed by atoms with Crippen LogP contribution in [0.25, 0.3) is 0 Å². The van der Waals surface area contributed by atoms with Gasteiger partial charge in [-0.3, -0.25) is 4.79 Å². The Labute approximate surface area is 200 Å². The van der Waals surface area contributed by atoms with Crippen molar-refractivity contribution in [3.63, 3.8) is 0 Å². The van der Waals surface area contributed by atoms with Crippen LogP contribution in [0, 0.1) is 5.82 Å². The zero-order valence-corrected chi connectivity index (χ0v) is 19.7. The van der Waals surface area contributed by atoms with E-state index in [0.29, 0.717) is 18.8 Å². The van der Waals surface area contributed by atoms with Crippen molar-refractivity contribution in [2.45, 2.75) is 37.9 Å². The normalized spacial score (nSPS) is 20.5. The number of amides is 1. The maximum atomic E-state index is 14.4. The van der Waals surface area contributed by atoms with E-state index >= 15 is 0 Å². The molecule has 1 spiro atoms. The predicted octanol–water partition coefficient (Wildman–Crippen LogP) is 3.45. The summed E-state index contributed by atoms with van der Waals surface area (Å²) < 4.78 is 26.1. The number of ether oxygens (including phenoxy) is 2. The van der Waals surface area contributed by atoms with Gasteiger partial charge < -0.3 is 24.4 Å². The topological polar surface area (TPSA) is 62.2 Å². The second-order valence-electron chi connectivity index (χ2n) is 8.63. The van der Waals surface area contributed by atoms with E-state index in [1.54, 1.807) is 30.0 Å². The van der Waals surface area contributed by atoms with Crippen molar-refractivity contribution in [2.24, 2.45) is 0 Å². The van der Waals surface area contributed by atoms with Gasteiger partial charge in [-0.1, -0.05) is 24.3 Å². The number of likely N-dealkylation sites (tertiary alicyclic amines) is 1. The molecule has 2 heterocycles. The van der Waals surface area contributed by atoms with Crippen molar-refractivity contribution in [1.82, 2.24) is 4.90 Å². The average molecular weight is 479 g/mol. The number of hydrogen-bond acceptors (Lipinski definition) is 5. The van der Waals surface area contributed by atoms with Gasteiger partial charge in [-0.2, -0.15) is 0 Å². The number of aliphatic hydroxyl groups is 1. The SMILES string of the molecule is CC1OC2(CCN(CCc3cccc(OCCO)c3)CC2)CN(c2ccccc2F)C1=O.Cl. The highest BCUT2D eigenvalue weighted by atomic mass is 35.5. The third-order valence-electron chi connectivity index (χ3n) is 6.37. The molecule has 2 aliphatic rings. The Balaban J connectivity index is 0.00000306. The molecule has 1 unspecified atom stereocenters. The van der Waals surface area contributed by atoms with Crippen molar-refractivity contribution < 1.29 is 23.8 Å². The summed E-state index contributed by atoms with van der Waals surface area (Å²) in [6.07, 6.45) is 1.92. The van der Waals surface area contributed by atoms with Crippen LogP contribution < -0.4 is 9.64 Å². The van der Waals surface area contributed by atoms with Crippen LogP contribution in [0.5, 0.6) is 5.75 Å². The summed E-state index contributed by atoms with van der Waals surface area (Å²) in [5.74, 6) is 0.204. The zero-order chi connectivity index (χ0) is 22.6. The summed E-state index contributed by atoms with van der Waals surface area (Å²) in [6.45, 7) is 5.10. The molecule has 4 rings (SSSR count). The quantitative estimate of drug-likeness (QED) is 0.660. The molecule has 1 amide bonds. The van der Waals surface area contributed by atoms with Gasteiger partial charge in [0.1, 0.15) is 24.3 Å². The molecule has 2 fully saturated rings. The summed E-state index contributed by atoms with van der Waals surface area (Å²) in [5, 5.41) is 8.92. The van der Waals surface area contributed by atoms with Gasteiger partial charge in [-0.15, -0.1) is 12.4 Å². The number of hydrogen-bond donors (Lipinski definition) is 1. The highest BCUT2D eigenvalue weighted by Crippen LogP contribution is 2.35. The van der Waals surface area contributed by atoms with E-state index in [1.807, 2.05) is 18.2 Å². The Morgan fingerprint density at radius 3 is 2.67 bits per heavy atom. The molecule has 0 saturated carbocycles. The van der Waals surface area contributed by atoms with E-state index in [4.69, 9.17) is 14.6 Å². The van der Waals surface area contributed by atoms with Gasteiger partial charge in [0.25, 0.3) is 5.91 Å². The summed E-state index contributed by atoms with van der Waals surface area (Å²) in [4.78, 5) is 16.7. The monoisotopic (exact) mass is 478 g/mol. The lowest BCUT2D eigenvalue weighted by atomic mass is 9.88. The fraction of sp³-hybridized carbons (Fsp3) is 0.480. The van der Waals surface area contributed by atoms with Crippen LogP contribution in [0.1, 0.15) is 25.3 Å². The maximum Gasteiger partial charge on any atom is 0.256 e. The van der Waals surface area contributed by atoms with Crippen LogP contribution in [0.4, 0.5) is 10.1 Å². The van der Waals surface area contributed by atoms with Crippen LogP contribution in [-0.2, 0) is 16.0 Å². The zero-order valence-electron chi connectivity index (χ0n) is 18.9. The Kier molecular flexibility index (Phi) is 8.70.